The van der Waals surface area contributed by atoms with Crippen LogP contribution in [0, 0.1) is 13.8 Å². The van der Waals surface area contributed by atoms with Crippen molar-refractivity contribution >= 4 is 16.7 Å². The SMILES string of the molecule is Cc1cc(C(=O)CN(C)Cc2nc3ccccc3c(=O)[nH]2)c(C)n1-c1ccc2c(c1)CCC2. The molecule has 0 fully saturated rings. The molecule has 0 radical (unpaired) electrons. The highest BCUT2D eigenvalue weighted by atomic mass is 16.1. The molecule has 5 rings (SSSR count). The Kier molecular flexibility index (Phi) is 5.46. The molecular formula is C27H28N4O2. The topological polar surface area (TPSA) is 71.0 Å². The van der Waals surface area contributed by atoms with E-state index in [-0.39, 0.29) is 17.9 Å². The zero-order valence-electron chi connectivity index (χ0n) is 19.3. The van der Waals surface area contributed by atoms with Crippen LogP contribution in [0.4, 0.5) is 0 Å². The molecule has 168 valence electrons. The lowest BCUT2D eigenvalue weighted by molar-refractivity contribution is 0.0941. The van der Waals surface area contributed by atoms with Crippen molar-refractivity contribution in [3.05, 3.63) is 92.8 Å². The van der Waals surface area contributed by atoms with E-state index >= 15 is 0 Å². The number of nitrogens with one attached hydrogen (secondary N) is 1. The van der Waals surface area contributed by atoms with Crippen molar-refractivity contribution in [2.24, 2.45) is 0 Å². The lowest BCUT2D eigenvalue weighted by Crippen LogP contribution is -2.28. The Balaban J connectivity index is 1.35. The molecular weight excluding hydrogens is 412 g/mol. The number of para-hydroxylation sites is 1. The molecule has 0 unspecified atom stereocenters. The maximum atomic E-state index is 13.2. The highest BCUT2D eigenvalue weighted by Crippen LogP contribution is 2.27. The zero-order valence-corrected chi connectivity index (χ0v) is 19.3. The van der Waals surface area contributed by atoms with E-state index in [4.69, 9.17) is 0 Å². The molecule has 0 bridgehead atoms. The third-order valence-corrected chi connectivity index (χ3v) is 6.57. The van der Waals surface area contributed by atoms with Crippen molar-refractivity contribution in [2.45, 2.75) is 39.7 Å². The van der Waals surface area contributed by atoms with Crippen molar-refractivity contribution < 1.29 is 4.79 Å². The number of aryl methyl sites for hydroxylation is 3. The summed E-state index contributed by atoms with van der Waals surface area (Å²) >= 11 is 0. The third kappa shape index (κ3) is 4.02. The summed E-state index contributed by atoms with van der Waals surface area (Å²) in [5.41, 5.74) is 7.24. The highest BCUT2D eigenvalue weighted by molar-refractivity contribution is 5.99. The minimum Gasteiger partial charge on any atom is -0.318 e. The second kappa shape index (κ2) is 8.45. The molecule has 1 N–H and O–H groups in total. The fourth-order valence-electron chi connectivity index (χ4n) is 4.99. The van der Waals surface area contributed by atoms with Crippen molar-refractivity contribution in [3.8, 4) is 5.69 Å². The molecule has 4 aromatic rings. The van der Waals surface area contributed by atoms with E-state index in [9.17, 15) is 9.59 Å². The molecule has 2 aromatic carbocycles. The van der Waals surface area contributed by atoms with Gasteiger partial charge in [-0.25, -0.2) is 4.98 Å². The molecule has 33 heavy (non-hydrogen) atoms. The molecule has 0 atom stereocenters. The van der Waals surface area contributed by atoms with Gasteiger partial charge in [-0.3, -0.25) is 14.5 Å². The first-order chi connectivity index (χ1) is 15.9. The first kappa shape index (κ1) is 21.3. The van der Waals surface area contributed by atoms with Crippen LogP contribution < -0.4 is 5.56 Å². The minimum absolute atomic E-state index is 0.0566. The fraction of sp³-hybridized carbons (Fsp3) is 0.296. The highest BCUT2D eigenvalue weighted by Gasteiger charge is 2.20. The minimum atomic E-state index is -0.159. The lowest BCUT2D eigenvalue weighted by atomic mass is 10.1. The van der Waals surface area contributed by atoms with Gasteiger partial charge in [0.2, 0.25) is 0 Å². The van der Waals surface area contributed by atoms with Gasteiger partial charge < -0.3 is 9.55 Å². The van der Waals surface area contributed by atoms with Gasteiger partial charge in [-0.15, -0.1) is 0 Å². The number of nitrogens with zero attached hydrogens (tertiary/aromatic N) is 3. The summed E-state index contributed by atoms with van der Waals surface area (Å²) in [7, 11) is 1.87. The summed E-state index contributed by atoms with van der Waals surface area (Å²) in [6, 6.07) is 15.9. The number of aromatic nitrogens is 3. The van der Waals surface area contributed by atoms with Crippen LogP contribution in [-0.2, 0) is 19.4 Å². The molecule has 0 spiro atoms. The standard InChI is InChI=1S/C27H28N4O2/c1-17-13-23(18(2)31(17)21-12-11-19-7-6-8-20(19)14-21)25(32)15-30(3)16-26-28-24-10-5-4-9-22(24)27(33)29-26/h4-5,9-14H,6-8,15-16H2,1-3H3,(H,28,29,33). The number of aromatic amines is 1. The molecule has 0 amide bonds. The van der Waals surface area contributed by atoms with Crippen LogP contribution in [0.2, 0.25) is 0 Å². The molecule has 0 saturated heterocycles. The smallest absolute Gasteiger partial charge is 0.258 e. The van der Waals surface area contributed by atoms with E-state index in [1.165, 1.54) is 17.5 Å². The Morgan fingerprint density at radius 1 is 1.09 bits per heavy atom. The van der Waals surface area contributed by atoms with Crippen molar-refractivity contribution in [2.75, 3.05) is 13.6 Å². The summed E-state index contributed by atoms with van der Waals surface area (Å²) < 4.78 is 2.17. The van der Waals surface area contributed by atoms with E-state index in [1.54, 1.807) is 6.07 Å². The predicted octanol–water partition coefficient (Wildman–Crippen LogP) is 4.13. The largest absolute Gasteiger partial charge is 0.318 e. The zero-order chi connectivity index (χ0) is 23.1. The van der Waals surface area contributed by atoms with Gasteiger partial charge in [0.25, 0.3) is 5.56 Å². The van der Waals surface area contributed by atoms with Gasteiger partial charge in [-0.2, -0.15) is 0 Å². The number of hydrogen-bond acceptors (Lipinski definition) is 4. The molecule has 6 nitrogen and oxygen atoms in total. The van der Waals surface area contributed by atoms with Gasteiger partial charge in [0.15, 0.2) is 5.78 Å². The van der Waals surface area contributed by atoms with Gasteiger partial charge >= 0.3 is 0 Å². The van der Waals surface area contributed by atoms with Crippen molar-refractivity contribution in [1.82, 2.24) is 19.4 Å². The maximum absolute atomic E-state index is 13.2. The van der Waals surface area contributed by atoms with Crippen LogP contribution in [0.1, 0.15) is 45.1 Å². The number of rotatable bonds is 6. The van der Waals surface area contributed by atoms with E-state index in [0.717, 1.165) is 35.5 Å². The summed E-state index contributed by atoms with van der Waals surface area (Å²) in [5.74, 6) is 0.610. The van der Waals surface area contributed by atoms with Crippen LogP contribution in [0.15, 0.2) is 53.3 Å². The van der Waals surface area contributed by atoms with Gasteiger partial charge in [-0.1, -0.05) is 18.2 Å². The number of carbonyl (C=O) groups is 1. The average Bonchev–Trinajstić information content (AvgIpc) is 3.36. The Hall–Kier alpha value is -3.51. The summed E-state index contributed by atoms with van der Waals surface area (Å²) in [4.78, 5) is 34.8. The maximum Gasteiger partial charge on any atom is 0.258 e. The number of hydrogen-bond donors (Lipinski definition) is 1. The number of benzene rings is 2. The van der Waals surface area contributed by atoms with Crippen LogP contribution >= 0.6 is 0 Å². The molecule has 6 heteroatoms. The van der Waals surface area contributed by atoms with Crippen LogP contribution in [0.3, 0.4) is 0 Å². The van der Waals surface area contributed by atoms with Gasteiger partial charge in [-0.05, 0) is 81.6 Å². The number of carbonyl (C=O) groups excluding carboxylic acids is 1. The van der Waals surface area contributed by atoms with Crippen molar-refractivity contribution in [3.63, 3.8) is 0 Å². The first-order valence-corrected chi connectivity index (χ1v) is 11.4. The van der Waals surface area contributed by atoms with Gasteiger partial charge in [0, 0.05) is 22.6 Å². The van der Waals surface area contributed by atoms with Crippen LogP contribution in [0.25, 0.3) is 16.6 Å². The average molecular weight is 441 g/mol. The van der Waals surface area contributed by atoms with Gasteiger partial charge in [0.05, 0.1) is 24.0 Å². The normalized spacial score (nSPS) is 13.1. The summed E-state index contributed by atoms with van der Waals surface area (Å²) in [5, 5.41) is 0.568. The number of ketones is 1. The fourth-order valence-corrected chi connectivity index (χ4v) is 4.99. The summed E-state index contributed by atoms with van der Waals surface area (Å²) in [6.45, 7) is 4.68. The number of likely N-dealkylation sites (N-methyl/N-ethyl adjacent to an activating group) is 1. The molecule has 1 aliphatic carbocycles. The van der Waals surface area contributed by atoms with E-state index < -0.39 is 0 Å². The Bertz CT molecular complexity index is 1430. The Labute approximate surface area is 192 Å². The Morgan fingerprint density at radius 2 is 1.88 bits per heavy atom. The Morgan fingerprint density at radius 3 is 2.73 bits per heavy atom. The molecule has 2 heterocycles. The van der Waals surface area contributed by atoms with Gasteiger partial charge in [0.1, 0.15) is 5.82 Å². The molecule has 0 saturated carbocycles. The monoisotopic (exact) mass is 440 g/mol. The van der Waals surface area contributed by atoms with Crippen LogP contribution in [0.5, 0.6) is 0 Å². The first-order valence-electron chi connectivity index (χ1n) is 11.4. The van der Waals surface area contributed by atoms with E-state index in [0.29, 0.717) is 23.3 Å². The lowest BCUT2D eigenvalue weighted by Gasteiger charge is -2.16. The van der Waals surface area contributed by atoms with E-state index in [1.807, 2.05) is 50.1 Å². The quantitative estimate of drug-likeness (QED) is 0.458. The predicted molar refractivity (Wildman–Crippen MR) is 130 cm³/mol. The molecule has 2 aromatic heterocycles. The van der Waals surface area contributed by atoms with Crippen LogP contribution in [-0.4, -0.2) is 38.8 Å². The second-order valence-electron chi connectivity index (χ2n) is 9.05. The molecule has 0 aliphatic heterocycles. The van der Waals surface area contributed by atoms with Crippen molar-refractivity contribution in [1.29, 1.82) is 0 Å². The number of H-pyrrole nitrogens is 1. The third-order valence-electron chi connectivity index (χ3n) is 6.57. The second-order valence-corrected chi connectivity index (χ2v) is 9.05. The molecule has 1 aliphatic rings. The number of Topliss-reactive ketones (excluding diaryl/α,β-unsaturated/α-hetero) is 1. The number of fused-ring (bicyclic) bond motifs is 2. The van der Waals surface area contributed by atoms with E-state index in [2.05, 4.69) is 32.7 Å². The summed E-state index contributed by atoms with van der Waals surface area (Å²) in [6.07, 6.45) is 3.51.